The lowest BCUT2D eigenvalue weighted by Gasteiger charge is -2.29. The normalized spacial score (nSPS) is 17.5. The van der Waals surface area contributed by atoms with Gasteiger partial charge in [0.25, 0.3) is 0 Å². The number of hydrogen-bond acceptors (Lipinski definition) is 3. The third-order valence-electron chi connectivity index (χ3n) is 3.89. The Morgan fingerprint density at radius 2 is 2.06 bits per heavy atom. The van der Waals surface area contributed by atoms with Gasteiger partial charge in [-0.25, -0.2) is 5.84 Å². The van der Waals surface area contributed by atoms with Crippen molar-refractivity contribution >= 4 is 5.91 Å². The van der Waals surface area contributed by atoms with E-state index in [0.29, 0.717) is 0 Å². The number of hydrogen-bond donors (Lipinski definition) is 2. The molecule has 0 saturated heterocycles. The fourth-order valence-corrected chi connectivity index (χ4v) is 2.93. The van der Waals surface area contributed by atoms with Crippen molar-refractivity contribution in [3.05, 3.63) is 29.3 Å². The minimum Gasteiger partial charge on any atom is -0.496 e. The van der Waals surface area contributed by atoms with Crippen molar-refractivity contribution in [2.24, 2.45) is 5.84 Å². The number of carbonyl (C=O) groups excluding carboxylic acids is 1. The summed E-state index contributed by atoms with van der Waals surface area (Å²) in [5.41, 5.74) is 3.89. The predicted molar refractivity (Wildman–Crippen MR) is 70.2 cm³/mol. The molecule has 1 aromatic carbocycles. The average molecular weight is 248 g/mol. The van der Waals surface area contributed by atoms with Crippen molar-refractivity contribution in [1.82, 2.24) is 5.43 Å². The van der Waals surface area contributed by atoms with Gasteiger partial charge in [0.05, 0.1) is 12.5 Å². The first kappa shape index (κ1) is 12.9. The highest BCUT2D eigenvalue weighted by Crippen LogP contribution is 2.45. The fraction of sp³-hybridized carbons (Fsp3) is 0.500. The molecule has 4 nitrogen and oxygen atoms in total. The molecule has 1 saturated carbocycles. The van der Waals surface area contributed by atoms with Crippen LogP contribution in [-0.2, 0) is 10.2 Å². The zero-order chi connectivity index (χ0) is 13.2. The van der Waals surface area contributed by atoms with Crippen LogP contribution in [0.5, 0.6) is 5.75 Å². The number of hydrazine groups is 1. The Bertz CT molecular complexity index is 451. The summed E-state index contributed by atoms with van der Waals surface area (Å²) in [6.45, 7) is 2.02. The lowest BCUT2D eigenvalue weighted by molar-refractivity contribution is -0.126. The molecule has 0 radical (unpaired) electrons. The minimum absolute atomic E-state index is 0.107. The van der Waals surface area contributed by atoms with Crippen LogP contribution in [-0.4, -0.2) is 13.0 Å². The first-order chi connectivity index (χ1) is 8.64. The van der Waals surface area contributed by atoms with E-state index in [2.05, 4.69) is 5.43 Å². The first-order valence-corrected chi connectivity index (χ1v) is 6.30. The molecule has 0 bridgehead atoms. The molecule has 1 aliphatic rings. The highest BCUT2D eigenvalue weighted by Gasteiger charge is 2.44. The largest absolute Gasteiger partial charge is 0.496 e. The number of nitrogens with one attached hydrogen (secondary N) is 1. The second-order valence-electron chi connectivity index (χ2n) is 4.97. The summed E-state index contributed by atoms with van der Waals surface area (Å²) >= 11 is 0. The van der Waals surface area contributed by atoms with Crippen molar-refractivity contribution in [1.29, 1.82) is 0 Å². The summed E-state index contributed by atoms with van der Waals surface area (Å²) in [4.78, 5) is 12.2. The molecule has 1 amide bonds. The van der Waals surface area contributed by atoms with E-state index in [4.69, 9.17) is 10.6 Å². The summed E-state index contributed by atoms with van der Waals surface area (Å²) in [6, 6.07) is 5.96. The van der Waals surface area contributed by atoms with E-state index in [1.165, 1.54) is 0 Å². The Balaban J connectivity index is 2.55. The summed E-state index contributed by atoms with van der Waals surface area (Å²) in [6.07, 6.45) is 3.75. The van der Waals surface area contributed by atoms with Crippen LogP contribution in [0.1, 0.15) is 36.8 Å². The van der Waals surface area contributed by atoms with Crippen LogP contribution in [0.15, 0.2) is 18.2 Å². The molecule has 0 atom stereocenters. The molecule has 0 aliphatic heterocycles. The Morgan fingerprint density at radius 3 is 2.61 bits per heavy atom. The van der Waals surface area contributed by atoms with Gasteiger partial charge in [0.1, 0.15) is 5.75 Å². The fourth-order valence-electron chi connectivity index (χ4n) is 2.93. The smallest absolute Gasteiger partial charge is 0.244 e. The molecule has 18 heavy (non-hydrogen) atoms. The van der Waals surface area contributed by atoms with E-state index in [1.54, 1.807) is 7.11 Å². The molecule has 1 fully saturated rings. The van der Waals surface area contributed by atoms with Gasteiger partial charge in [0.15, 0.2) is 0 Å². The maximum absolute atomic E-state index is 12.2. The third kappa shape index (κ3) is 1.97. The highest BCUT2D eigenvalue weighted by atomic mass is 16.5. The van der Waals surface area contributed by atoms with Crippen molar-refractivity contribution < 1.29 is 9.53 Å². The number of aryl methyl sites for hydroxylation is 1. The molecule has 1 aromatic rings. The van der Waals surface area contributed by atoms with Gasteiger partial charge >= 0.3 is 0 Å². The molecule has 0 spiro atoms. The Hall–Kier alpha value is -1.55. The average Bonchev–Trinajstić information content (AvgIpc) is 2.88. The SMILES string of the molecule is COc1ccc(C)cc1C1(C(=O)NN)CCCC1. The van der Waals surface area contributed by atoms with Crippen LogP contribution in [0.25, 0.3) is 0 Å². The molecule has 0 unspecified atom stereocenters. The van der Waals surface area contributed by atoms with E-state index in [9.17, 15) is 4.79 Å². The predicted octanol–water partition coefficient (Wildman–Crippen LogP) is 1.81. The van der Waals surface area contributed by atoms with Crippen LogP contribution >= 0.6 is 0 Å². The molecular weight excluding hydrogens is 228 g/mol. The van der Waals surface area contributed by atoms with Crippen molar-refractivity contribution in [3.63, 3.8) is 0 Å². The number of nitrogens with two attached hydrogens (primary N) is 1. The van der Waals surface area contributed by atoms with Gasteiger partial charge in [-0.3, -0.25) is 10.2 Å². The van der Waals surface area contributed by atoms with Crippen LogP contribution in [0.4, 0.5) is 0 Å². The molecular formula is C14H20N2O2. The first-order valence-electron chi connectivity index (χ1n) is 6.30. The molecule has 98 valence electrons. The minimum atomic E-state index is -0.522. The van der Waals surface area contributed by atoms with Crippen LogP contribution < -0.4 is 16.0 Å². The van der Waals surface area contributed by atoms with Crippen molar-refractivity contribution in [2.75, 3.05) is 7.11 Å². The standard InChI is InChI=1S/C14H20N2O2/c1-10-5-6-12(18-2)11(9-10)14(13(17)16-15)7-3-4-8-14/h5-6,9H,3-4,7-8,15H2,1-2H3,(H,16,17). The number of rotatable bonds is 3. The second kappa shape index (κ2) is 4.98. The van der Waals surface area contributed by atoms with Crippen LogP contribution in [0.3, 0.4) is 0 Å². The topological polar surface area (TPSA) is 64.3 Å². The molecule has 2 rings (SSSR count). The van der Waals surface area contributed by atoms with Gasteiger partial charge < -0.3 is 4.74 Å². The Kier molecular flexibility index (Phi) is 3.57. The van der Waals surface area contributed by atoms with Gasteiger partial charge in [-0.2, -0.15) is 0 Å². The Morgan fingerprint density at radius 1 is 1.39 bits per heavy atom. The summed E-state index contributed by atoms with van der Waals surface area (Å²) in [5.74, 6) is 6.03. The highest BCUT2D eigenvalue weighted by molar-refractivity contribution is 5.89. The number of amides is 1. The monoisotopic (exact) mass is 248 g/mol. The molecule has 1 aliphatic carbocycles. The number of benzene rings is 1. The van der Waals surface area contributed by atoms with Gasteiger partial charge in [0, 0.05) is 5.56 Å². The quantitative estimate of drug-likeness (QED) is 0.487. The van der Waals surface area contributed by atoms with E-state index in [-0.39, 0.29) is 5.91 Å². The van der Waals surface area contributed by atoms with Crippen LogP contribution in [0.2, 0.25) is 0 Å². The van der Waals surface area contributed by atoms with Crippen LogP contribution in [0, 0.1) is 6.92 Å². The van der Waals surface area contributed by atoms with E-state index >= 15 is 0 Å². The Labute approximate surface area is 107 Å². The van der Waals surface area contributed by atoms with Crippen molar-refractivity contribution in [2.45, 2.75) is 38.0 Å². The molecule has 4 heteroatoms. The number of carbonyl (C=O) groups is 1. The van der Waals surface area contributed by atoms with Gasteiger partial charge in [-0.15, -0.1) is 0 Å². The van der Waals surface area contributed by atoms with Crippen molar-refractivity contribution in [3.8, 4) is 5.75 Å². The van der Waals surface area contributed by atoms with Gasteiger partial charge in [0.2, 0.25) is 5.91 Å². The molecule has 3 N–H and O–H groups in total. The van der Waals surface area contributed by atoms with E-state index < -0.39 is 5.41 Å². The summed E-state index contributed by atoms with van der Waals surface area (Å²) in [5, 5.41) is 0. The van der Waals surface area contributed by atoms with E-state index in [1.807, 2.05) is 25.1 Å². The molecule has 0 heterocycles. The third-order valence-corrected chi connectivity index (χ3v) is 3.89. The summed E-state index contributed by atoms with van der Waals surface area (Å²) < 4.78 is 5.41. The second-order valence-corrected chi connectivity index (χ2v) is 4.97. The zero-order valence-electron chi connectivity index (χ0n) is 11.0. The lowest BCUT2D eigenvalue weighted by atomic mass is 9.77. The lowest BCUT2D eigenvalue weighted by Crippen LogP contribution is -2.46. The maximum Gasteiger partial charge on any atom is 0.244 e. The molecule has 0 aromatic heterocycles. The summed E-state index contributed by atoms with van der Waals surface area (Å²) in [7, 11) is 1.64. The van der Waals surface area contributed by atoms with E-state index in [0.717, 1.165) is 42.6 Å². The zero-order valence-corrected chi connectivity index (χ0v) is 11.0. The van der Waals surface area contributed by atoms with Gasteiger partial charge in [-0.1, -0.05) is 30.5 Å². The maximum atomic E-state index is 12.2. The van der Waals surface area contributed by atoms with Gasteiger partial charge in [-0.05, 0) is 25.8 Å². The number of methoxy groups -OCH3 is 1. The number of ether oxygens (including phenoxy) is 1.